The number of nitrogen functional groups attached to an aromatic ring is 1. The molecule has 0 aliphatic carbocycles. The Morgan fingerprint density at radius 3 is 2.96 bits per heavy atom. The number of hydrazone groups is 1. The van der Waals surface area contributed by atoms with Crippen molar-refractivity contribution in [2.24, 2.45) is 5.10 Å². The summed E-state index contributed by atoms with van der Waals surface area (Å²) in [6.07, 6.45) is 3.35. The van der Waals surface area contributed by atoms with Crippen LogP contribution in [0.15, 0.2) is 39.7 Å². The molecule has 1 heterocycles. The summed E-state index contributed by atoms with van der Waals surface area (Å²) in [7, 11) is 0. The lowest BCUT2D eigenvalue weighted by Gasteiger charge is -2.13. The van der Waals surface area contributed by atoms with E-state index in [0.29, 0.717) is 35.7 Å². The molecule has 1 aromatic carbocycles. The van der Waals surface area contributed by atoms with Crippen molar-refractivity contribution in [2.75, 3.05) is 24.4 Å². The molecule has 0 spiro atoms. The third kappa shape index (κ3) is 4.97. The van der Waals surface area contributed by atoms with Gasteiger partial charge >= 0.3 is 0 Å². The Labute approximate surface area is 147 Å². The second-order valence-corrected chi connectivity index (χ2v) is 6.02. The third-order valence-electron chi connectivity index (χ3n) is 2.57. The van der Waals surface area contributed by atoms with Gasteiger partial charge in [0.25, 0.3) is 0 Å². The molecule has 0 atom stereocenters. The molecule has 0 radical (unpaired) electrons. The van der Waals surface area contributed by atoms with Crippen molar-refractivity contribution in [3.8, 4) is 11.5 Å². The van der Waals surface area contributed by atoms with Crippen molar-refractivity contribution in [1.82, 2.24) is 4.98 Å². The van der Waals surface area contributed by atoms with Gasteiger partial charge in [0.2, 0.25) is 5.13 Å². The van der Waals surface area contributed by atoms with Crippen LogP contribution in [-0.4, -0.2) is 24.4 Å². The number of halogens is 1. The zero-order chi connectivity index (χ0) is 16.7. The zero-order valence-corrected chi connectivity index (χ0v) is 15.0. The van der Waals surface area contributed by atoms with Gasteiger partial charge in [0.1, 0.15) is 12.4 Å². The lowest BCUT2D eigenvalue weighted by Crippen LogP contribution is -2.01. The van der Waals surface area contributed by atoms with Gasteiger partial charge in [-0.25, -0.2) is 4.98 Å². The monoisotopic (exact) mass is 396 g/mol. The first kappa shape index (κ1) is 17.3. The van der Waals surface area contributed by atoms with Crippen molar-refractivity contribution in [3.63, 3.8) is 0 Å². The quantitative estimate of drug-likeness (QED) is 0.401. The minimum absolute atomic E-state index is 0.402. The van der Waals surface area contributed by atoms with E-state index < -0.39 is 0 Å². The molecule has 0 unspecified atom stereocenters. The largest absolute Gasteiger partial charge is 0.490 e. The van der Waals surface area contributed by atoms with E-state index in [1.54, 1.807) is 17.7 Å². The van der Waals surface area contributed by atoms with Crippen LogP contribution in [0.1, 0.15) is 12.5 Å². The van der Waals surface area contributed by atoms with E-state index in [2.05, 4.69) is 38.0 Å². The molecule has 23 heavy (non-hydrogen) atoms. The molecule has 0 aliphatic heterocycles. The Morgan fingerprint density at radius 1 is 1.48 bits per heavy atom. The van der Waals surface area contributed by atoms with Crippen molar-refractivity contribution in [3.05, 3.63) is 40.2 Å². The van der Waals surface area contributed by atoms with Crippen LogP contribution in [0, 0.1) is 0 Å². The van der Waals surface area contributed by atoms with Crippen LogP contribution < -0.4 is 20.6 Å². The molecule has 0 saturated carbocycles. The van der Waals surface area contributed by atoms with Gasteiger partial charge in [0.05, 0.1) is 17.3 Å². The molecule has 2 aromatic rings. The first-order valence-corrected chi connectivity index (χ1v) is 8.51. The highest BCUT2D eigenvalue weighted by Gasteiger charge is 2.11. The van der Waals surface area contributed by atoms with E-state index in [0.717, 1.165) is 10.0 Å². The fourth-order valence-electron chi connectivity index (χ4n) is 1.71. The number of hydrogen-bond acceptors (Lipinski definition) is 7. The molecular weight excluding hydrogens is 380 g/mol. The van der Waals surface area contributed by atoms with Gasteiger partial charge in [0.15, 0.2) is 11.5 Å². The van der Waals surface area contributed by atoms with Crippen LogP contribution >= 0.6 is 27.3 Å². The SMILES string of the molecule is C=CCOc1c(Br)cc(C=NNc2nc(N)cs2)cc1OCC. The molecule has 1 aromatic heterocycles. The topological polar surface area (TPSA) is 81.8 Å². The summed E-state index contributed by atoms with van der Waals surface area (Å²) in [5, 5.41) is 6.52. The summed E-state index contributed by atoms with van der Waals surface area (Å²) < 4.78 is 12.0. The summed E-state index contributed by atoms with van der Waals surface area (Å²) in [6, 6.07) is 3.75. The minimum Gasteiger partial charge on any atom is -0.490 e. The maximum atomic E-state index is 5.63. The fraction of sp³-hybridized carbons (Fsp3) is 0.200. The average Bonchev–Trinajstić information content (AvgIpc) is 2.92. The fourth-order valence-corrected chi connectivity index (χ4v) is 2.83. The van der Waals surface area contributed by atoms with Crippen molar-refractivity contribution >= 4 is 44.4 Å². The Hall–Kier alpha value is -2.06. The summed E-state index contributed by atoms with van der Waals surface area (Å²) in [6.45, 7) is 6.50. The Bertz CT molecular complexity index is 703. The first-order valence-electron chi connectivity index (χ1n) is 6.84. The maximum absolute atomic E-state index is 5.63. The lowest BCUT2D eigenvalue weighted by atomic mass is 10.2. The standard InChI is InChI=1S/C15H17BrN4O2S/c1-3-5-22-14-11(16)6-10(7-12(14)21-4-2)8-18-20-15-19-13(17)9-23-15/h3,6-9H,1,4-5,17H2,2H3,(H,19,20). The summed E-state index contributed by atoms with van der Waals surface area (Å²) in [5.41, 5.74) is 9.24. The van der Waals surface area contributed by atoms with Gasteiger partial charge in [-0.05, 0) is 40.5 Å². The number of nitrogens with zero attached hydrogens (tertiary/aromatic N) is 2. The van der Waals surface area contributed by atoms with Gasteiger partial charge < -0.3 is 15.2 Å². The number of rotatable bonds is 8. The molecule has 8 heteroatoms. The highest BCUT2D eigenvalue weighted by molar-refractivity contribution is 9.10. The zero-order valence-electron chi connectivity index (χ0n) is 12.6. The number of anilines is 2. The van der Waals surface area contributed by atoms with E-state index in [-0.39, 0.29) is 0 Å². The van der Waals surface area contributed by atoms with E-state index >= 15 is 0 Å². The van der Waals surface area contributed by atoms with Crippen molar-refractivity contribution in [1.29, 1.82) is 0 Å². The van der Waals surface area contributed by atoms with Crippen LogP contribution in [0.25, 0.3) is 0 Å². The van der Waals surface area contributed by atoms with Crippen LogP contribution in [0.5, 0.6) is 11.5 Å². The molecule has 2 rings (SSSR count). The van der Waals surface area contributed by atoms with Gasteiger partial charge in [-0.2, -0.15) is 5.10 Å². The molecule has 122 valence electrons. The van der Waals surface area contributed by atoms with E-state index in [4.69, 9.17) is 15.2 Å². The normalized spacial score (nSPS) is 10.7. The van der Waals surface area contributed by atoms with Crippen molar-refractivity contribution in [2.45, 2.75) is 6.92 Å². The molecule has 0 fully saturated rings. The Balaban J connectivity index is 2.16. The second-order valence-electron chi connectivity index (χ2n) is 4.31. The van der Waals surface area contributed by atoms with E-state index in [9.17, 15) is 0 Å². The number of hydrogen-bond donors (Lipinski definition) is 2. The van der Waals surface area contributed by atoms with E-state index in [1.165, 1.54) is 11.3 Å². The van der Waals surface area contributed by atoms with E-state index in [1.807, 2.05) is 19.1 Å². The number of benzene rings is 1. The van der Waals surface area contributed by atoms with Gasteiger partial charge in [-0.15, -0.1) is 11.3 Å². The summed E-state index contributed by atoms with van der Waals surface area (Å²) in [4.78, 5) is 4.06. The van der Waals surface area contributed by atoms with Crippen molar-refractivity contribution < 1.29 is 9.47 Å². The Morgan fingerprint density at radius 2 is 2.30 bits per heavy atom. The van der Waals surface area contributed by atoms with Crippen LogP contribution in [-0.2, 0) is 0 Å². The molecule has 0 amide bonds. The molecule has 0 aliphatic rings. The lowest BCUT2D eigenvalue weighted by molar-refractivity contribution is 0.295. The number of aromatic nitrogens is 1. The number of nitrogens with two attached hydrogens (primary N) is 1. The smallest absolute Gasteiger partial charge is 0.205 e. The van der Waals surface area contributed by atoms with Gasteiger partial charge in [0, 0.05) is 5.38 Å². The number of nitrogens with one attached hydrogen (secondary N) is 1. The highest BCUT2D eigenvalue weighted by Crippen LogP contribution is 2.36. The first-order chi connectivity index (χ1) is 11.1. The predicted octanol–water partition coefficient (Wildman–Crippen LogP) is 3.90. The molecular formula is C15H17BrN4O2S. The third-order valence-corrected chi connectivity index (χ3v) is 3.93. The second kappa shape index (κ2) is 8.54. The van der Waals surface area contributed by atoms with Gasteiger partial charge in [-0.1, -0.05) is 12.7 Å². The molecule has 0 bridgehead atoms. The molecule has 3 N–H and O–H groups in total. The minimum atomic E-state index is 0.402. The number of thiazole rings is 1. The predicted molar refractivity (Wildman–Crippen MR) is 98.7 cm³/mol. The summed E-state index contributed by atoms with van der Waals surface area (Å²) in [5.74, 6) is 1.76. The maximum Gasteiger partial charge on any atom is 0.205 e. The molecule has 0 saturated heterocycles. The Kier molecular flexibility index (Phi) is 6.42. The number of ether oxygens (including phenoxy) is 2. The average molecular weight is 397 g/mol. The van der Waals surface area contributed by atoms with Gasteiger partial charge in [-0.3, -0.25) is 5.43 Å². The highest BCUT2D eigenvalue weighted by atomic mass is 79.9. The molecule has 6 nitrogen and oxygen atoms in total. The van der Waals surface area contributed by atoms with Crippen LogP contribution in [0.3, 0.4) is 0 Å². The van der Waals surface area contributed by atoms with Crippen LogP contribution in [0.4, 0.5) is 10.9 Å². The summed E-state index contributed by atoms with van der Waals surface area (Å²) >= 11 is 4.88. The van der Waals surface area contributed by atoms with Crippen LogP contribution in [0.2, 0.25) is 0 Å².